The minimum Gasteiger partial charge on any atom is -0.367 e. The Kier molecular flexibility index (Phi) is 2.77. The average molecular weight is 268 g/mol. The SMILES string of the molecule is CC1Cc2ccccc2N1CC1Cc2nc[nH]c2CN1. The van der Waals surface area contributed by atoms with Crippen LogP contribution >= 0.6 is 0 Å². The monoisotopic (exact) mass is 268 g/mol. The number of fused-ring (bicyclic) bond motifs is 2. The highest BCUT2D eigenvalue weighted by atomic mass is 15.2. The van der Waals surface area contributed by atoms with Gasteiger partial charge in [0.1, 0.15) is 0 Å². The Bertz CT molecular complexity index is 618. The Hall–Kier alpha value is -1.81. The fourth-order valence-corrected chi connectivity index (χ4v) is 3.50. The highest BCUT2D eigenvalue weighted by molar-refractivity contribution is 5.59. The van der Waals surface area contributed by atoms with Gasteiger partial charge in [0, 0.05) is 37.3 Å². The molecule has 1 aromatic carbocycles. The second-order valence-electron chi connectivity index (χ2n) is 5.94. The molecule has 20 heavy (non-hydrogen) atoms. The minimum atomic E-state index is 0.486. The topological polar surface area (TPSA) is 44.0 Å². The maximum Gasteiger partial charge on any atom is 0.0925 e. The van der Waals surface area contributed by atoms with Crippen LogP contribution < -0.4 is 10.2 Å². The summed E-state index contributed by atoms with van der Waals surface area (Å²) in [5, 5.41) is 3.63. The molecule has 2 aromatic rings. The van der Waals surface area contributed by atoms with Crippen LogP contribution in [0.2, 0.25) is 0 Å². The normalized spacial score (nSPS) is 24.6. The van der Waals surface area contributed by atoms with Crippen LogP contribution in [0.25, 0.3) is 0 Å². The number of aromatic nitrogens is 2. The van der Waals surface area contributed by atoms with E-state index in [4.69, 9.17) is 0 Å². The van der Waals surface area contributed by atoms with E-state index in [1.54, 1.807) is 0 Å². The van der Waals surface area contributed by atoms with Gasteiger partial charge in [0.25, 0.3) is 0 Å². The van der Waals surface area contributed by atoms with Gasteiger partial charge in [-0.15, -0.1) is 0 Å². The summed E-state index contributed by atoms with van der Waals surface area (Å²) in [5.41, 5.74) is 5.37. The quantitative estimate of drug-likeness (QED) is 0.874. The molecule has 2 N–H and O–H groups in total. The van der Waals surface area contributed by atoms with Crippen LogP contribution in [0.15, 0.2) is 30.6 Å². The Labute approximate surface area is 119 Å². The molecule has 2 aliphatic rings. The van der Waals surface area contributed by atoms with E-state index in [-0.39, 0.29) is 0 Å². The van der Waals surface area contributed by atoms with Crippen LogP contribution in [0.1, 0.15) is 23.9 Å². The molecular weight excluding hydrogens is 248 g/mol. The predicted octanol–water partition coefficient (Wildman–Crippen LogP) is 1.88. The molecule has 0 fully saturated rings. The fraction of sp³-hybridized carbons (Fsp3) is 0.438. The number of nitrogens with one attached hydrogen (secondary N) is 2. The predicted molar refractivity (Wildman–Crippen MR) is 79.9 cm³/mol. The fourth-order valence-electron chi connectivity index (χ4n) is 3.50. The summed E-state index contributed by atoms with van der Waals surface area (Å²) in [4.78, 5) is 10.2. The molecule has 0 bridgehead atoms. The van der Waals surface area contributed by atoms with Crippen molar-refractivity contribution in [3.05, 3.63) is 47.5 Å². The third-order valence-electron chi connectivity index (χ3n) is 4.58. The highest BCUT2D eigenvalue weighted by Gasteiger charge is 2.29. The lowest BCUT2D eigenvalue weighted by Crippen LogP contribution is -2.46. The van der Waals surface area contributed by atoms with E-state index in [2.05, 4.69) is 51.4 Å². The summed E-state index contributed by atoms with van der Waals surface area (Å²) in [6, 6.07) is 9.87. The number of aromatic amines is 1. The number of imidazole rings is 1. The number of rotatable bonds is 2. The maximum atomic E-state index is 4.43. The van der Waals surface area contributed by atoms with E-state index in [1.807, 2.05) is 6.33 Å². The summed E-state index contributed by atoms with van der Waals surface area (Å²) in [7, 11) is 0. The minimum absolute atomic E-state index is 0.486. The third kappa shape index (κ3) is 1.91. The van der Waals surface area contributed by atoms with Gasteiger partial charge in [-0.3, -0.25) is 0 Å². The van der Waals surface area contributed by atoms with Gasteiger partial charge in [0.2, 0.25) is 0 Å². The first-order valence-electron chi connectivity index (χ1n) is 7.40. The lowest BCUT2D eigenvalue weighted by Gasteiger charge is -2.32. The van der Waals surface area contributed by atoms with E-state index >= 15 is 0 Å². The van der Waals surface area contributed by atoms with Crippen molar-refractivity contribution >= 4 is 5.69 Å². The van der Waals surface area contributed by atoms with Crippen molar-refractivity contribution in [1.29, 1.82) is 0 Å². The standard InChI is InChI=1S/C16H20N4/c1-11-6-12-4-2-3-5-16(12)20(11)9-13-7-14-15(8-17-13)19-10-18-14/h2-5,10-11,13,17H,6-9H2,1H3,(H,18,19). The maximum absolute atomic E-state index is 4.43. The van der Waals surface area contributed by atoms with Crippen molar-refractivity contribution in [1.82, 2.24) is 15.3 Å². The molecule has 104 valence electrons. The molecule has 0 saturated carbocycles. The molecular formula is C16H20N4. The van der Waals surface area contributed by atoms with Crippen molar-refractivity contribution in [2.45, 2.75) is 38.4 Å². The van der Waals surface area contributed by atoms with Gasteiger partial charge in [0.05, 0.1) is 17.7 Å². The first-order valence-corrected chi connectivity index (χ1v) is 7.40. The van der Waals surface area contributed by atoms with Crippen LogP contribution in [0.4, 0.5) is 5.69 Å². The largest absolute Gasteiger partial charge is 0.367 e. The summed E-state index contributed by atoms with van der Waals surface area (Å²) in [6.45, 7) is 4.29. The van der Waals surface area contributed by atoms with Crippen molar-refractivity contribution in [2.24, 2.45) is 0 Å². The van der Waals surface area contributed by atoms with E-state index in [0.717, 1.165) is 25.9 Å². The van der Waals surface area contributed by atoms with Gasteiger partial charge in [-0.25, -0.2) is 4.98 Å². The highest BCUT2D eigenvalue weighted by Crippen LogP contribution is 2.32. The van der Waals surface area contributed by atoms with Crippen LogP contribution in [-0.4, -0.2) is 28.6 Å². The number of hydrogen-bond acceptors (Lipinski definition) is 3. The summed E-state index contributed by atoms with van der Waals surface area (Å²) < 4.78 is 0. The third-order valence-corrected chi connectivity index (χ3v) is 4.58. The molecule has 3 heterocycles. The van der Waals surface area contributed by atoms with E-state index in [0.29, 0.717) is 12.1 Å². The molecule has 0 saturated heterocycles. The number of benzene rings is 1. The molecule has 4 rings (SSSR count). The van der Waals surface area contributed by atoms with Crippen LogP contribution in [0.5, 0.6) is 0 Å². The van der Waals surface area contributed by atoms with Crippen molar-refractivity contribution < 1.29 is 0 Å². The van der Waals surface area contributed by atoms with Crippen LogP contribution in [0, 0.1) is 0 Å². The Morgan fingerprint density at radius 1 is 1.30 bits per heavy atom. The molecule has 0 amide bonds. The first kappa shape index (κ1) is 12.0. The molecule has 4 heteroatoms. The van der Waals surface area contributed by atoms with Crippen LogP contribution in [0.3, 0.4) is 0 Å². The van der Waals surface area contributed by atoms with Crippen LogP contribution in [-0.2, 0) is 19.4 Å². The summed E-state index contributed by atoms with van der Waals surface area (Å²) >= 11 is 0. The van der Waals surface area contributed by atoms with E-state index in [9.17, 15) is 0 Å². The van der Waals surface area contributed by atoms with E-state index in [1.165, 1.54) is 22.6 Å². The lowest BCUT2D eigenvalue weighted by atomic mass is 10.0. The molecule has 0 spiro atoms. The smallest absolute Gasteiger partial charge is 0.0925 e. The molecule has 2 atom stereocenters. The van der Waals surface area contributed by atoms with Gasteiger partial charge in [0.15, 0.2) is 0 Å². The molecule has 4 nitrogen and oxygen atoms in total. The van der Waals surface area contributed by atoms with Gasteiger partial charge in [-0.2, -0.15) is 0 Å². The Balaban J connectivity index is 1.53. The number of H-pyrrole nitrogens is 1. The molecule has 0 radical (unpaired) electrons. The zero-order chi connectivity index (χ0) is 13.5. The number of para-hydroxylation sites is 1. The lowest BCUT2D eigenvalue weighted by molar-refractivity contribution is 0.455. The van der Waals surface area contributed by atoms with Crippen molar-refractivity contribution in [2.75, 3.05) is 11.4 Å². The van der Waals surface area contributed by atoms with Gasteiger partial charge in [-0.05, 0) is 25.0 Å². The number of anilines is 1. The molecule has 2 aliphatic heterocycles. The zero-order valence-electron chi connectivity index (χ0n) is 11.8. The van der Waals surface area contributed by atoms with Gasteiger partial charge < -0.3 is 15.2 Å². The summed E-state index contributed by atoms with van der Waals surface area (Å²) in [5.74, 6) is 0. The molecule has 0 aliphatic carbocycles. The number of nitrogens with zero attached hydrogens (tertiary/aromatic N) is 2. The van der Waals surface area contributed by atoms with E-state index < -0.39 is 0 Å². The van der Waals surface area contributed by atoms with Gasteiger partial charge >= 0.3 is 0 Å². The number of hydrogen-bond donors (Lipinski definition) is 2. The second-order valence-corrected chi connectivity index (χ2v) is 5.94. The summed E-state index contributed by atoms with van der Waals surface area (Å²) in [6.07, 6.45) is 3.99. The first-order chi connectivity index (χ1) is 9.81. The second kappa shape index (κ2) is 4.63. The van der Waals surface area contributed by atoms with Gasteiger partial charge in [-0.1, -0.05) is 18.2 Å². The average Bonchev–Trinajstić information content (AvgIpc) is 3.04. The zero-order valence-corrected chi connectivity index (χ0v) is 11.8. The Morgan fingerprint density at radius 3 is 3.15 bits per heavy atom. The molecule has 2 unspecified atom stereocenters. The molecule has 1 aromatic heterocycles. The van der Waals surface area contributed by atoms with Crippen molar-refractivity contribution in [3.63, 3.8) is 0 Å². The van der Waals surface area contributed by atoms with Crippen molar-refractivity contribution in [3.8, 4) is 0 Å². The Morgan fingerprint density at radius 2 is 2.20 bits per heavy atom.